The van der Waals surface area contributed by atoms with Gasteiger partial charge in [0.05, 0.1) is 22.8 Å². The lowest BCUT2D eigenvalue weighted by atomic mass is 10.0. The van der Waals surface area contributed by atoms with Gasteiger partial charge < -0.3 is 10.7 Å². The van der Waals surface area contributed by atoms with E-state index in [0.717, 1.165) is 5.30 Å². The van der Waals surface area contributed by atoms with Crippen LogP contribution < -0.4 is 11.0 Å². The number of nitriles is 1. The van der Waals surface area contributed by atoms with Crippen molar-refractivity contribution >= 4 is 30.1 Å². The lowest BCUT2D eigenvalue weighted by molar-refractivity contribution is -0.137. The summed E-state index contributed by atoms with van der Waals surface area (Å²) in [5.74, 6) is -0.237. The van der Waals surface area contributed by atoms with Gasteiger partial charge >= 0.3 is 6.18 Å². The fraction of sp³-hybridized carbons (Fsp3) is 0.188. The molecular formula is C16H13F3N5P. The van der Waals surface area contributed by atoms with Gasteiger partial charge in [0.1, 0.15) is 5.56 Å². The van der Waals surface area contributed by atoms with E-state index >= 15 is 0 Å². The molecule has 0 unspecified atom stereocenters. The molecule has 0 atom stereocenters. The van der Waals surface area contributed by atoms with E-state index in [-0.39, 0.29) is 17.2 Å². The Kier molecular flexibility index (Phi) is 4.13. The lowest BCUT2D eigenvalue weighted by Crippen LogP contribution is -2.11. The van der Waals surface area contributed by atoms with Crippen LogP contribution in [0, 0.1) is 11.3 Å². The highest BCUT2D eigenvalue weighted by Crippen LogP contribution is 2.39. The van der Waals surface area contributed by atoms with Gasteiger partial charge in [0.15, 0.2) is 0 Å². The Balaban J connectivity index is 2.35. The van der Waals surface area contributed by atoms with E-state index in [1.807, 2.05) is 13.3 Å². The van der Waals surface area contributed by atoms with Gasteiger partial charge in [0, 0.05) is 28.6 Å². The molecule has 3 aromatic rings. The number of fused-ring (bicyclic) bond motifs is 1. The molecule has 0 amide bonds. The van der Waals surface area contributed by atoms with E-state index in [9.17, 15) is 18.4 Å². The minimum atomic E-state index is -4.61. The lowest BCUT2D eigenvalue weighted by Gasteiger charge is -2.12. The highest BCUT2D eigenvalue weighted by atomic mass is 31.1. The minimum absolute atomic E-state index is 0.237. The minimum Gasteiger partial charge on any atom is -0.368 e. The monoisotopic (exact) mass is 363 g/mol. The van der Waals surface area contributed by atoms with Gasteiger partial charge in [0.25, 0.3) is 0 Å². The number of alkyl halides is 3. The first-order chi connectivity index (χ1) is 11.7. The fourth-order valence-corrected chi connectivity index (χ4v) is 3.98. The molecule has 0 aliphatic carbocycles. The van der Waals surface area contributed by atoms with Crippen LogP contribution in [0.5, 0.6) is 0 Å². The summed E-state index contributed by atoms with van der Waals surface area (Å²) in [6, 6.07) is 5.38. The van der Waals surface area contributed by atoms with Crippen molar-refractivity contribution in [1.29, 1.82) is 5.26 Å². The van der Waals surface area contributed by atoms with E-state index in [1.165, 1.54) is 6.20 Å². The standard InChI is InChI=1S/C16H13F3N5P/c1-25(2)14-8(5-20)3-4-9-10(6-22-13(9)14)12-11(16(17,18)19)7-23-15(21)24-12/h3-4,6-7,22H,1-2H3,(H2,21,23,24). The van der Waals surface area contributed by atoms with Crippen LogP contribution in [0.25, 0.3) is 22.2 Å². The normalized spacial score (nSPS) is 11.9. The number of hydrogen-bond donors (Lipinski definition) is 2. The van der Waals surface area contributed by atoms with Crippen LogP contribution in [0.1, 0.15) is 11.1 Å². The Morgan fingerprint density at radius 3 is 2.60 bits per heavy atom. The molecule has 3 N–H and O–H groups in total. The average Bonchev–Trinajstić information content (AvgIpc) is 2.95. The van der Waals surface area contributed by atoms with E-state index in [1.54, 1.807) is 12.1 Å². The zero-order chi connectivity index (χ0) is 18.4. The highest BCUT2D eigenvalue weighted by molar-refractivity contribution is 7.64. The number of nitrogens with zero attached hydrogens (tertiary/aromatic N) is 3. The summed E-state index contributed by atoms with van der Waals surface area (Å²) in [7, 11) is -0.647. The van der Waals surface area contributed by atoms with Gasteiger partial charge in [-0.3, -0.25) is 0 Å². The summed E-state index contributed by atoms with van der Waals surface area (Å²) in [4.78, 5) is 10.3. The predicted octanol–water partition coefficient (Wildman–Crippen LogP) is 3.46. The van der Waals surface area contributed by atoms with Crippen LogP contribution in [0.15, 0.2) is 24.5 Å². The number of aromatic amines is 1. The molecule has 128 valence electrons. The molecule has 25 heavy (non-hydrogen) atoms. The smallest absolute Gasteiger partial charge is 0.368 e. The average molecular weight is 363 g/mol. The molecule has 0 aliphatic rings. The van der Waals surface area contributed by atoms with Crippen LogP contribution >= 0.6 is 7.92 Å². The zero-order valence-electron chi connectivity index (χ0n) is 13.3. The van der Waals surface area contributed by atoms with Crippen LogP contribution in [0.4, 0.5) is 19.1 Å². The number of aromatic nitrogens is 3. The third kappa shape index (κ3) is 2.92. The van der Waals surface area contributed by atoms with Gasteiger partial charge in [0.2, 0.25) is 5.95 Å². The Labute approximate surface area is 142 Å². The van der Waals surface area contributed by atoms with Crippen molar-refractivity contribution in [3.63, 3.8) is 0 Å². The van der Waals surface area contributed by atoms with Gasteiger partial charge in [-0.05, 0) is 19.4 Å². The molecule has 2 aromatic heterocycles. The molecule has 0 radical (unpaired) electrons. The molecule has 2 heterocycles. The van der Waals surface area contributed by atoms with E-state index in [4.69, 9.17) is 5.73 Å². The van der Waals surface area contributed by atoms with Crippen molar-refractivity contribution < 1.29 is 13.2 Å². The Hall–Kier alpha value is -2.65. The number of nitrogen functional groups attached to an aromatic ring is 1. The Bertz CT molecular complexity index is 1000. The van der Waals surface area contributed by atoms with E-state index in [2.05, 4.69) is 21.0 Å². The maximum atomic E-state index is 13.3. The van der Waals surface area contributed by atoms with Crippen molar-refractivity contribution in [3.05, 3.63) is 35.7 Å². The van der Waals surface area contributed by atoms with Gasteiger partial charge in [-0.1, -0.05) is 14.0 Å². The number of halogens is 3. The van der Waals surface area contributed by atoms with Gasteiger partial charge in [-0.25, -0.2) is 9.97 Å². The third-order valence-electron chi connectivity index (χ3n) is 3.76. The molecule has 1 aromatic carbocycles. The van der Waals surface area contributed by atoms with Crippen molar-refractivity contribution in [2.75, 3.05) is 19.1 Å². The van der Waals surface area contributed by atoms with Crippen LogP contribution in [0.2, 0.25) is 0 Å². The number of nitrogens with one attached hydrogen (secondary N) is 1. The van der Waals surface area contributed by atoms with Crippen molar-refractivity contribution in [2.24, 2.45) is 0 Å². The molecule has 0 fully saturated rings. The quantitative estimate of drug-likeness (QED) is 0.682. The summed E-state index contributed by atoms with van der Waals surface area (Å²) < 4.78 is 40.0. The second-order valence-corrected chi connectivity index (χ2v) is 7.82. The number of anilines is 1. The molecule has 5 nitrogen and oxygen atoms in total. The summed E-state index contributed by atoms with van der Waals surface area (Å²) in [5.41, 5.74) is 5.71. The molecule has 0 saturated heterocycles. The first-order valence-corrected chi connectivity index (χ1v) is 9.39. The number of hydrogen-bond acceptors (Lipinski definition) is 4. The van der Waals surface area contributed by atoms with Gasteiger partial charge in [-0.2, -0.15) is 18.4 Å². The molecule has 0 bridgehead atoms. The first-order valence-electron chi connectivity index (χ1n) is 7.15. The highest BCUT2D eigenvalue weighted by Gasteiger charge is 2.36. The van der Waals surface area contributed by atoms with Crippen LogP contribution in [-0.2, 0) is 6.18 Å². The van der Waals surface area contributed by atoms with Crippen LogP contribution in [-0.4, -0.2) is 28.3 Å². The number of benzene rings is 1. The zero-order valence-corrected chi connectivity index (χ0v) is 14.2. The number of rotatable bonds is 2. The summed E-state index contributed by atoms with van der Waals surface area (Å²) in [6.45, 7) is 3.96. The van der Waals surface area contributed by atoms with E-state index in [0.29, 0.717) is 22.7 Å². The summed E-state index contributed by atoms with van der Waals surface area (Å²) in [6.07, 6.45) is -2.46. The van der Waals surface area contributed by atoms with Crippen molar-refractivity contribution in [3.8, 4) is 17.3 Å². The fourth-order valence-electron chi connectivity index (χ4n) is 2.74. The SMILES string of the molecule is CP(C)c1c(C#N)ccc2c(-c3nc(N)ncc3C(F)(F)F)c[nH]c12. The number of H-pyrrole nitrogens is 1. The molecule has 0 aliphatic heterocycles. The number of nitrogens with two attached hydrogens (primary N) is 1. The first kappa shape index (κ1) is 17.2. The van der Waals surface area contributed by atoms with Crippen molar-refractivity contribution in [2.45, 2.75) is 6.18 Å². The summed E-state index contributed by atoms with van der Waals surface area (Å²) in [5, 5.41) is 10.7. The van der Waals surface area contributed by atoms with Crippen LogP contribution in [0.3, 0.4) is 0 Å². The molecule has 0 spiro atoms. The second-order valence-electron chi connectivity index (χ2n) is 5.58. The maximum absolute atomic E-state index is 13.3. The topological polar surface area (TPSA) is 91.4 Å². The molecular weight excluding hydrogens is 350 g/mol. The predicted molar refractivity (Wildman–Crippen MR) is 91.9 cm³/mol. The maximum Gasteiger partial charge on any atom is 0.419 e. The molecule has 9 heteroatoms. The summed E-state index contributed by atoms with van der Waals surface area (Å²) >= 11 is 0. The Morgan fingerprint density at radius 1 is 1.28 bits per heavy atom. The molecule has 0 saturated carbocycles. The van der Waals surface area contributed by atoms with E-state index < -0.39 is 19.7 Å². The Morgan fingerprint density at radius 2 is 2.00 bits per heavy atom. The molecule has 3 rings (SSSR count). The third-order valence-corrected chi connectivity index (χ3v) is 5.12. The van der Waals surface area contributed by atoms with Crippen molar-refractivity contribution in [1.82, 2.24) is 15.0 Å². The van der Waals surface area contributed by atoms with Gasteiger partial charge in [-0.15, -0.1) is 0 Å². The second kappa shape index (κ2) is 6.01. The largest absolute Gasteiger partial charge is 0.419 e.